The topological polar surface area (TPSA) is 83.0 Å². The van der Waals surface area contributed by atoms with Crippen LogP contribution in [0.1, 0.15) is 31.1 Å². The van der Waals surface area contributed by atoms with E-state index in [1.165, 1.54) is 12.0 Å². The summed E-state index contributed by atoms with van der Waals surface area (Å²) in [6, 6.07) is 11.4. The summed E-state index contributed by atoms with van der Waals surface area (Å²) in [4.78, 5) is 33.9. The van der Waals surface area contributed by atoms with Crippen LogP contribution in [0, 0.1) is 0 Å². The SMILES string of the molecule is CCN(CC)CCN1C(=O)C(=O)/C(=C(/O)c2cccc(OC)c2)[C@H]1c1ccccn1. The number of Topliss-reactive ketones (excluding diaryl/α,β-unsaturated/α-hetero) is 1. The van der Waals surface area contributed by atoms with E-state index in [9.17, 15) is 14.7 Å². The molecule has 0 aliphatic carbocycles. The Labute approximate surface area is 176 Å². The summed E-state index contributed by atoms with van der Waals surface area (Å²) in [5.74, 6) is -1.01. The predicted octanol–water partition coefficient (Wildman–Crippen LogP) is 2.85. The smallest absolute Gasteiger partial charge is 0.295 e. The first-order valence-electron chi connectivity index (χ1n) is 10.1. The highest BCUT2D eigenvalue weighted by molar-refractivity contribution is 6.46. The quantitative estimate of drug-likeness (QED) is 0.410. The van der Waals surface area contributed by atoms with Crippen molar-refractivity contribution in [2.45, 2.75) is 19.9 Å². The molecule has 1 aliphatic rings. The lowest BCUT2D eigenvalue weighted by atomic mass is 9.98. The highest BCUT2D eigenvalue weighted by atomic mass is 16.5. The van der Waals surface area contributed by atoms with Crippen LogP contribution in [-0.2, 0) is 9.59 Å². The summed E-state index contributed by atoms with van der Waals surface area (Å²) in [7, 11) is 1.53. The molecule has 0 radical (unpaired) electrons. The molecule has 0 unspecified atom stereocenters. The molecular weight excluding hydrogens is 382 g/mol. The molecular formula is C23H27N3O4. The molecule has 3 rings (SSSR count). The van der Waals surface area contributed by atoms with E-state index in [4.69, 9.17) is 4.74 Å². The minimum Gasteiger partial charge on any atom is -0.507 e. The minimum atomic E-state index is -0.743. The number of hydrogen-bond acceptors (Lipinski definition) is 6. The van der Waals surface area contributed by atoms with E-state index in [0.29, 0.717) is 30.1 Å². The number of carbonyl (C=O) groups excluding carboxylic acids is 2. The van der Waals surface area contributed by atoms with Gasteiger partial charge in [-0.05, 0) is 37.4 Å². The van der Waals surface area contributed by atoms with Crippen molar-refractivity contribution >= 4 is 17.4 Å². The Balaban J connectivity index is 2.08. The molecule has 2 heterocycles. The summed E-state index contributed by atoms with van der Waals surface area (Å²) in [5, 5.41) is 11.0. The number of carbonyl (C=O) groups is 2. The maximum absolute atomic E-state index is 13.0. The third-order valence-corrected chi connectivity index (χ3v) is 5.40. The normalized spacial score (nSPS) is 18.3. The molecule has 7 heteroatoms. The molecule has 1 aromatic heterocycles. The van der Waals surface area contributed by atoms with Crippen LogP contribution in [0.25, 0.3) is 5.76 Å². The number of rotatable bonds is 8. The number of amides is 1. The van der Waals surface area contributed by atoms with Crippen LogP contribution in [0.15, 0.2) is 54.2 Å². The molecule has 0 saturated carbocycles. The van der Waals surface area contributed by atoms with Gasteiger partial charge in [0.25, 0.3) is 11.7 Å². The molecule has 0 bridgehead atoms. The van der Waals surface area contributed by atoms with Crippen LogP contribution >= 0.6 is 0 Å². The van der Waals surface area contributed by atoms with E-state index in [1.54, 1.807) is 48.7 Å². The van der Waals surface area contributed by atoms with Gasteiger partial charge in [0, 0.05) is 24.8 Å². The van der Waals surface area contributed by atoms with E-state index in [-0.39, 0.29) is 11.3 Å². The molecule has 1 aliphatic heterocycles. The first-order valence-corrected chi connectivity index (χ1v) is 10.1. The summed E-state index contributed by atoms with van der Waals surface area (Å²) in [5.41, 5.74) is 1.00. The number of benzene rings is 1. The average Bonchev–Trinajstić information content (AvgIpc) is 3.04. The largest absolute Gasteiger partial charge is 0.507 e. The Bertz CT molecular complexity index is 938. The fourth-order valence-electron chi connectivity index (χ4n) is 3.67. The van der Waals surface area contributed by atoms with Gasteiger partial charge >= 0.3 is 0 Å². The fourth-order valence-corrected chi connectivity index (χ4v) is 3.67. The van der Waals surface area contributed by atoms with Crippen LogP contribution in [0.2, 0.25) is 0 Å². The zero-order valence-corrected chi connectivity index (χ0v) is 17.5. The molecule has 1 N–H and O–H groups in total. The highest BCUT2D eigenvalue weighted by Crippen LogP contribution is 2.38. The summed E-state index contributed by atoms with van der Waals surface area (Å²) >= 11 is 0. The number of aliphatic hydroxyl groups excluding tert-OH is 1. The Morgan fingerprint density at radius 1 is 1.17 bits per heavy atom. The number of likely N-dealkylation sites (N-methyl/N-ethyl adjacent to an activating group) is 1. The number of aromatic nitrogens is 1. The number of pyridine rings is 1. The van der Waals surface area contributed by atoms with Crippen molar-refractivity contribution in [1.29, 1.82) is 0 Å². The van der Waals surface area contributed by atoms with E-state index < -0.39 is 17.7 Å². The standard InChI is InChI=1S/C23H27N3O4/c1-4-25(5-2)13-14-26-20(18-11-6-7-12-24-18)19(22(28)23(26)29)21(27)16-9-8-10-17(15-16)30-3/h6-12,15,20,27H,4-5,13-14H2,1-3H3/b21-19+/t20-/m1/s1. The Morgan fingerprint density at radius 3 is 2.57 bits per heavy atom. The second kappa shape index (κ2) is 9.54. The van der Waals surface area contributed by atoms with Gasteiger partial charge < -0.3 is 19.6 Å². The average molecular weight is 409 g/mol. The molecule has 1 fully saturated rings. The number of likely N-dealkylation sites (tertiary alicyclic amines) is 1. The van der Waals surface area contributed by atoms with E-state index in [2.05, 4.69) is 23.7 Å². The highest BCUT2D eigenvalue weighted by Gasteiger charge is 2.46. The lowest BCUT2D eigenvalue weighted by molar-refractivity contribution is -0.140. The lowest BCUT2D eigenvalue weighted by Gasteiger charge is -2.27. The molecule has 1 saturated heterocycles. The van der Waals surface area contributed by atoms with Gasteiger partial charge in [-0.1, -0.05) is 32.0 Å². The van der Waals surface area contributed by atoms with Crippen LogP contribution in [0.4, 0.5) is 0 Å². The fraction of sp³-hybridized carbons (Fsp3) is 0.348. The lowest BCUT2D eigenvalue weighted by Crippen LogP contribution is -2.38. The number of methoxy groups -OCH3 is 1. The monoisotopic (exact) mass is 409 g/mol. The van der Waals surface area contributed by atoms with Gasteiger partial charge in [-0.15, -0.1) is 0 Å². The molecule has 1 atom stereocenters. The predicted molar refractivity (Wildman–Crippen MR) is 114 cm³/mol. The maximum atomic E-state index is 13.0. The number of hydrogen-bond donors (Lipinski definition) is 1. The third kappa shape index (κ3) is 4.21. The molecule has 30 heavy (non-hydrogen) atoms. The van der Waals surface area contributed by atoms with Crippen LogP contribution in [0.3, 0.4) is 0 Å². The summed E-state index contributed by atoms with van der Waals surface area (Å²) in [6.07, 6.45) is 1.62. The molecule has 0 spiro atoms. The zero-order chi connectivity index (χ0) is 21.7. The number of aliphatic hydroxyl groups is 1. The van der Waals surface area contributed by atoms with E-state index in [0.717, 1.165) is 13.1 Å². The Kier molecular flexibility index (Phi) is 6.84. The van der Waals surface area contributed by atoms with E-state index in [1.807, 2.05) is 0 Å². The molecule has 2 aromatic rings. The van der Waals surface area contributed by atoms with Crippen LogP contribution in [0.5, 0.6) is 5.75 Å². The van der Waals surface area contributed by atoms with Crippen molar-refractivity contribution < 1.29 is 19.4 Å². The van der Waals surface area contributed by atoms with Crippen molar-refractivity contribution in [2.24, 2.45) is 0 Å². The van der Waals surface area contributed by atoms with Crippen molar-refractivity contribution in [3.05, 3.63) is 65.5 Å². The van der Waals surface area contributed by atoms with Gasteiger partial charge in [0.1, 0.15) is 17.6 Å². The summed E-state index contributed by atoms with van der Waals surface area (Å²) in [6.45, 7) is 6.79. The Hall–Kier alpha value is -3.19. The van der Waals surface area contributed by atoms with Crippen LogP contribution in [-0.4, -0.2) is 64.9 Å². The second-order valence-electron chi connectivity index (χ2n) is 7.01. The molecule has 1 aromatic carbocycles. The number of ketones is 1. The van der Waals surface area contributed by atoms with Crippen molar-refractivity contribution in [1.82, 2.24) is 14.8 Å². The van der Waals surface area contributed by atoms with Crippen molar-refractivity contribution in [3.63, 3.8) is 0 Å². The minimum absolute atomic E-state index is 0.0477. The van der Waals surface area contributed by atoms with E-state index >= 15 is 0 Å². The molecule has 7 nitrogen and oxygen atoms in total. The van der Waals surface area contributed by atoms with Gasteiger partial charge in [0.2, 0.25) is 0 Å². The van der Waals surface area contributed by atoms with Gasteiger partial charge in [-0.2, -0.15) is 0 Å². The second-order valence-corrected chi connectivity index (χ2v) is 7.01. The van der Waals surface area contributed by atoms with Gasteiger partial charge in [-0.3, -0.25) is 14.6 Å². The number of ether oxygens (including phenoxy) is 1. The van der Waals surface area contributed by atoms with Crippen molar-refractivity contribution in [2.75, 3.05) is 33.3 Å². The van der Waals surface area contributed by atoms with Gasteiger partial charge in [0.05, 0.1) is 18.4 Å². The summed E-state index contributed by atoms with van der Waals surface area (Å²) < 4.78 is 5.22. The Morgan fingerprint density at radius 2 is 1.93 bits per heavy atom. The maximum Gasteiger partial charge on any atom is 0.295 e. The van der Waals surface area contributed by atoms with Gasteiger partial charge in [-0.25, -0.2) is 0 Å². The van der Waals surface area contributed by atoms with Crippen molar-refractivity contribution in [3.8, 4) is 5.75 Å². The van der Waals surface area contributed by atoms with Crippen LogP contribution < -0.4 is 4.74 Å². The first-order chi connectivity index (χ1) is 14.5. The third-order valence-electron chi connectivity index (χ3n) is 5.40. The number of nitrogens with zero attached hydrogens (tertiary/aromatic N) is 3. The first kappa shape index (κ1) is 21.5. The van der Waals surface area contributed by atoms with Gasteiger partial charge in [0.15, 0.2) is 0 Å². The molecule has 158 valence electrons. The molecule has 1 amide bonds. The zero-order valence-electron chi connectivity index (χ0n) is 17.5.